The number of alkyl halides is 1. The fourth-order valence-electron chi connectivity index (χ4n) is 2.89. The number of nitrogens with zero attached hydrogens (tertiary/aromatic N) is 2. The van der Waals surface area contributed by atoms with Gasteiger partial charge in [0, 0.05) is 18.5 Å². The van der Waals surface area contributed by atoms with Crippen LogP contribution in [0.2, 0.25) is 0 Å². The smallest absolute Gasteiger partial charge is 0.410 e. The van der Waals surface area contributed by atoms with Gasteiger partial charge >= 0.3 is 6.09 Å². The molecule has 1 fully saturated rings. The fraction of sp³-hybridized carbons (Fsp3) is 0.474. The standard InChI is InChI=1S/C19H24FN3O2/c1-19(2,3)25-18(24)23-11-10-14(20)16(12-23)22-17-9-8-13-6-4-5-7-15(13)21-17/h4-9,14,16H,10-12H2,1-3H3,(H,21,22)/t14-,16+/m1/s1. The Bertz CT molecular complexity index is 760. The first-order valence-corrected chi connectivity index (χ1v) is 8.56. The quantitative estimate of drug-likeness (QED) is 0.894. The van der Waals surface area contributed by atoms with Gasteiger partial charge in [0.1, 0.15) is 17.6 Å². The molecular weight excluding hydrogens is 321 g/mol. The van der Waals surface area contributed by atoms with Gasteiger partial charge in [-0.25, -0.2) is 14.2 Å². The summed E-state index contributed by atoms with van der Waals surface area (Å²) in [4.78, 5) is 18.3. The van der Waals surface area contributed by atoms with Crippen LogP contribution in [0.15, 0.2) is 36.4 Å². The van der Waals surface area contributed by atoms with Crippen molar-refractivity contribution >= 4 is 22.8 Å². The first-order valence-electron chi connectivity index (χ1n) is 8.56. The van der Waals surface area contributed by atoms with Crippen LogP contribution in [0.25, 0.3) is 10.9 Å². The lowest BCUT2D eigenvalue weighted by Gasteiger charge is -2.36. The van der Waals surface area contributed by atoms with Crippen LogP contribution in [0, 0.1) is 0 Å². The van der Waals surface area contributed by atoms with E-state index in [2.05, 4.69) is 10.3 Å². The molecule has 0 unspecified atom stereocenters. The molecular formula is C19H24FN3O2. The number of halogens is 1. The van der Waals surface area contributed by atoms with Crippen molar-refractivity contribution in [3.05, 3.63) is 36.4 Å². The van der Waals surface area contributed by atoms with E-state index in [1.54, 1.807) is 4.90 Å². The zero-order valence-corrected chi connectivity index (χ0v) is 14.8. The minimum atomic E-state index is -1.04. The van der Waals surface area contributed by atoms with E-state index in [0.717, 1.165) is 10.9 Å². The molecule has 134 valence electrons. The molecule has 1 aliphatic heterocycles. The molecule has 3 rings (SSSR count). The first-order chi connectivity index (χ1) is 11.8. The van der Waals surface area contributed by atoms with Gasteiger partial charge < -0.3 is 15.0 Å². The lowest BCUT2D eigenvalue weighted by Crippen LogP contribution is -2.52. The van der Waals surface area contributed by atoms with Gasteiger partial charge in [-0.3, -0.25) is 0 Å². The Labute approximate surface area is 147 Å². The van der Waals surface area contributed by atoms with E-state index >= 15 is 0 Å². The van der Waals surface area contributed by atoms with Gasteiger partial charge in [0.2, 0.25) is 0 Å². The highest BCUT2D eigenvalue weighted by Crippen LogP contribution is 2.22. The molecule has 5 nitrogen and oxygen atoms in total. The van der Waals surface area contributed by atoms with Crippen molar-refractivity contribution in [1.82, 2.24) is 9.88 Å². The number of fused-ring (bicyclic) bond motifs is 1. The van der Waals surface area contributed by atoms with Crippen LogP contribution in [0.5, 0.6) is 0 Å². The Balaban J connectivity index is 1.70. The number of anilines is 1. The monoisotopic (exact) mass is 345 g/mol. The van der Waals surface area contributed by atoms with Crippen molar-refractivity contribution in [1.29, 1.82) is 0 Å². The molecule has 1 saturated heterocycles. The molecule has 1 aliphatic rings. The van der Waals surface area contributed by atoms with Crippen LogP contribution >= 0.6 is 0 Å². The molecule has 0 aliphatic carbocycles. The summed E-state index contributed by atoms with van der Waals surface area (Å²) in [6, 6.07) is 11.1. The predicted octanol–water partition coefficient (Wildman–Crippen LogP) is 3.99. The molecule has 25 heavy (non-hydrogen) atoms. The number of benzene rings is 1. The minimum absolute atomic E-state index is 0.255. The molecule has 1 aromatic carbocycles. The molecule has 2 atom stereocenters. The second-order valence-corrected chi connectivity index (χ2v) is 7.37. The van der Waals surface area contributed by atoms with E-state index in [1.807, 2.05) is 57.2 Å². The highest BCUT2D eigenvalue weighted by Gasteiger charge is 2.33. The lowest BCUT2D eigenvalue weighted by molar-refractivity contribution is 0.0150. The first kappa shape index (κ1) is 17.5. The molecule has 1 amide bonds. The Morgan fingerprint density at radius 1 is 1.28 bits per heavy atom. The molecule has 1 N–H and O–H groups in total. The maximum atomic E-state index is 14.4. The number of amides is 1. The van der Waals surface area contributed by atoms with Crippen molar-refractivity contribution in [2.45, 2.75) is 45.0 Å². The van der Waals surface area contributed by atoms with Crippen LogP contribution in [-0.2, 0) is 4.74 Å². The number of para-hydroxylation sites is 1. The average Bonchev–Trinajstić information content (AvgIpc) is 2.55. The summed E-state index contributed by atoms with van der Waals surface area (Å²) >= 11 is 0. The normalized spacial score (nSPS) is 21.2. The van der Waals surface area contributed by atoms with Crippen LogP contribution in [0.3, 0.4) is 0 Å². The molecule has 0 bridgehead atoms. The van der Waals surface area contributed by atoms with Gasteiger partial charge in [0.25, 0.3) is 0 Å². The average molecular weight is 345 g/mol. The highest BCUT2D eigenvalue weighted by molar-refractivity contribution is 5.80. The summed E-state index contributed by atoms with van der Waals surface area (Å²) in [5, 5.41) is 4.17. The predicted molar refractivity (Wildman–Crippen MR) is 96.5 cm³/mol. The van der Waals surface area contributed by atoms with E-state index in [9.17, 15) is 9.18 Å². The Morgan fingerprint density at radius 3 is 2.80 bits per heavy atom. The SMILES string of the molecule is CC(C)(C)OC(=O)N1CC[C@@H](F)[C@@H](Nc2ccc3ccccc3n2)C1. The molecule has 2 heterocycles. The number of nitrogens with one attached hydrogen (secondary N) is 1. The van der Waals surface area contributed by atoms with Crippen LogP contribution in [-0.4, -0.2) is 46.9 Å². The van der Waals surface area contributed by atoms with E-state index in [4.69, 9.17) is 4.74 Å². The fourth-order valence-corrected chi connectivity index (χ4v) is 2.89. The second-order valence-electron chi connectivity index (χ2n) is 7.37. The molecule has 2 aromatic rings. The van der Waals surface area contributed by atoms with Crippen LogP contribution in [0.1, 0.15) is 27.2 Å². The summed E-state index contributed by atoms with van der Waals surface area (Å²) in [5.41, 5.74) is 0.287. The molecule has 0 saturated carbocycles. The summed E-state index contributed by atoms with van der Waals surface area (Å²) in [6.07, 6.45) is -1.16. The zero-order chi connectivity index (χ0) is 18.0. The number of aromatic nitrogens is 1. The molecule has 0 spiro atoms. The highest BCUT2D eigenvalue weighted by atomic mass is 19.1. The topological polar surface area (TPSA) is 54.5 Å². The van der Waals surface area contributed by atoms with Crippen LogP contribution < -0.4 is 5.32 Å². The summed E-state index contributed by atoms with van der Waals surface area (Å²) < 4.78 is 19.7. The van der Waals surface area contributed by atoms with Crippen molar-refractivity contribution in [3.63, 3.8) is 0 Å². The molecule has 0 radical (unpaired) electrons. The number of rotatable bonds is 2. The Kier molecular flexibility index (Phi) is 4.79. The summed E-state index contributed by atoms with van der Waals surface area (Å²) in [5.74, 6) is 0.609. The van der Waals surface area contributed by atoms with Gasteiger partial charge in [-0.15, -0.1) is 0 Å². The third-order valence-corrected chi connectivity index (χ3v) is 4.11. The van der Waals surface area contributed by atoms with Crippen molar-refractivity contribution in [2.75, 3.05) is 18.4 Å². The number of hydrogen-bond donors (Lipinski definition) is 1. The van der Waals surface area contributed by atoms with Gasteiger partial charge in [-0.2, -0.15) is 0 Å². The summed E-state index contributed by atoms with van der Waals surface area (Å²) in [6.45, 7) is 6.08. The van der Waals surface area contributed by atoms with E-state index < -0.39 is 23.9 Å². The largest absolute Gasteiger partial charge is 0.444 e. The maximum Gasteiger partial charge on any atom is 0.410 e. The van der Waals surface area contributed by atoms with Crippen molar-refractivity contribution in [3.8, 4) is 0 Å². The van der Waals surface area contributed by atoms with E-state index in [-0.39, 0.29) is 13.0 Å². The second kappa shape index (κ2) is 6.86. The van der Waals surface area contributed by atoms with E-state index in [1.165, 1.54) is 0 Å². The molecule has 6 heteroatoms. The third-order valence-electron chi connectivity index (χ3n) is 4.11. The number of ether oxygens (including phenoxy) is 1. The van der Waals surface area contributed by atoms with Crippen molar-refractivity contribution in [2.24, 2.45) is 0 Å². The van der Waals surface area contributed by atoms with Gasteiger partial charge in [-0.1, -0.05) is 18.2 Å². The Hall–Kier alpha value is -2.37. The zero-order valence-electron chi connectivity index (χ0n) is 14.8. The van der Waals surface area contributed by atoms with Gasteiger partial charge in [-0.05, 0) is 45.4 Å². The van der Waals surface area contributed by atoms with Gasteiger partial charge in [0.15, 0.2) is 0 Å². The number of carbonyl (C=O) groups is 1. The minimum Gasteiger partial charge on any atom is -0.444 e. The lowest BCUT2D eigenvalue weighted by atomic mass is 10.0. The number of hydrogen-bond acceptors (Lipinski definition) is 4. The Morgan fingerprint density at radius 2 is 2.04 bits per heavy atom. The number of carbonyl (C=O) groups excluding carboxylic acids is 1. The molecule has 1 aromatic heterocycles. The van der Waals surface area contributed by atoms with Crippen LogP contribution in [0.4, 0.5) is 15.0 Å². The third kappa shape index (κ3) is 4.38. The van der Waals surface area contributed by atoms with E-state index in [0.29, 0.717) is 12.4 Å². The number of pyridine rings is 1. The maximum absolute atomic E-state index is 14.4. The summed E-state index contributed by atoms with van der Waals surface area (Å²) in [7, 11) is 0. The van der Waals surface area contributed by atoms with Gasteiger partial charge in [0.05, 0.1) is 11.6 Å². The number of piperidine rings is 1. The number of likely N-dealkylation sites (tertiary alicyclic amines) is 1. The van der Waals surface area contributed by atoms with Crippen molar-refractivity contribution < 1.29 is 13.9 Å².